The Kier molecular flexibility index (Phi) is 6.48. The number of hydrogen-bond donors (Lipinski definition) is 2. The molecule has 1 fully saturated rings. The monoisotopic (exact) mass is 459 g/mol. The Balaban J connectivity index is 1.42. The number of halogens is 1. The van der Waals surface area contributed by atoms with Crippen molar-refractivity contribution in [1.82, 2.24) is 10.2 Å². The number of rotatable bonds is 6. The molecule has 0 saturated carbocycles. The maximum Gasteiger partial charge on any atom is 0.261 e. The number of carbonyl (C=O) groups is 1. The predicted octanol–water partition coefficient (Wildman–Crippen LogP) is 3.81. The summed E-state index contributed by atoms with van der Waals surface area (Å²) in [7, 11) is 3.98. The number of thiophene rings is 1. The molecule has 3 heterocycles. The highest BCUT2D eigenvalue weighted by Crippen LogP contribution is 2.27. The number of amidine groups is 1. The van der Waals surface area contributed by atoms with Crippen molar-refractivity contribution < 1.29 is 9.63 Å². The molecule has 0 bridgehead atoms. The van der Waals surface area contributed by atoms with E-state index in [0.717, 1.165) is 48.5 Å². The molecule has 1 atom stereocenters. The van der Waals surface area contributed by atoms with E-state index >= 15 is 0 Å². The fourth-order valence-corrected chi connectivity index (χ4v) is 4.80. The molecular formula is C22H26ClN5O2S. The molecule has 1 unspecified atom stereocenters. The Morgan fingerprint density at radius 3 is 2.77 bits per heavy atom. The first kappa shape index (κ1) is 21.6. The second-order valence-corrected chi connectivity index (χ2v) is 9.67. The fraction of sp³-hybridized carbons (Fsp3) is 0.409. The summed E-state index contributed by atoms with van der Waals surface area (Å²) < 4.78 is 0.588. The topological polar surface area (TPSA) is 81.0 Å². The van der Waals surface area contributed by atoms with Crippen LogP contribution in [0.4, 0.5) is 5.69 Å². The van der Waals surface area contributed by atoms with Gasteiger partial charge in [-0.1, -0.05) is 28.9 Å². The number of hydrogen-bond acceptors (Lipinski definition) is 6. The van der Waals surface area contributed by atoms with Gasteiger partial charge >= 0.3 is 0 Å². The van der Waals surface area contributed by atoms with Gasteiger partial charge in [0.05, 0.1) is 21.5 Å². The first-order valence-electron chi connectivity index (χ1n) is 10.3. The quantitative estimate of drug-likeness (QED) is 0.508. The molecule has 2 aliphatic rings. The van der Waals surface area contributed by atoms with Crippen molar-refractivity contribution in [2.75, 3.05) is 38.6 Å². The molecule has 0 spiro atoms. The Hall–Kier alpha value is -2.58. The van der Waals surface area contributed by atoms with E-state index in [9.17, 15) is 4.79 Å². The van der Waals surface area contributed by atoms with E-state index in [1.54, 1.807) is 12.1 Å². The SMILES string of the molecule is CN(C)c1cc(C(=N)N2CCCC2)ccc1C1=NOC(CNC(=O)c2ccc(Cl)s2)C1. The zero-order chi connectivity index (χ0) is 22.0. The molecule has 1 aromatic carbocycles. The summed E-state index contributed by atoms with van der Waals surface area (Å²) in [5.41, 5.74) is 3.75. The first-order valence-corrected chi connectivity index (χ1v) is 11.5. The molecule has 0 radical (unpaired) electrons. The molecule has 31 heavy (non-hydrogen) atoms. The third-order valence-electron chi connectivity index (χ3n) is 5.51. The molecule has 1 aromatic heterocycles. The molecule has 7 nitrogen and oxygen atoms in total. The van der Waals surface area contributed by atoms with Crippen LogP contribution in [-0.4, -0.2) is 62.2 Å². The predicted molar refractivity (Wildman–Crippen MR) is 126 cm³/mol. The van der Waals surface area contributed by atoms with Crippen molar-refractivity contribution in [2.24, 2.45) is 5.16 Å². The van der Waals surface area contributed by atoms with Crippen LogP contribution in [0.25, 0.3) is 0 Å². The molecule has 1 amide bonds. The van der Waals surface area contributed by atoms with Crippen LogP contribution >= 0.6 is 22.9 Å². The van der Waals surface area contributed by atoms with Crippen LogP contribution in [0.2, 0.25) is 4.34 Å². The fourth-order valence-electron chi connectivity index (χ4n) is 3.84. The summed E-state index contributed by atoms with van der Waals surface area (Å²) in [4.78, 5) is 22.6. The highest BCUT2D eigenvalue weighted by molar-refractivity contribution is 7.18. The first-order chi connectivity index (χ1) is 14.9. The van der Waals surface area contributed by atoms with Gasteiger partial charge in [0.2, 0.25) is 0 Å². The summed E-state index contributed by atoms with van der Waals surface area (Å²) in [6.45, 7) is 2.27. The van der Waals surface area contributed by atoms with E-state index in [1.807, 2.05) is 37.2 Å². The highest BCUT2D eigenvalue weighted by Gasteiger charge is 2.26. The summed E-state index contributed by atoms with van der Waals surface area (Å²) in [6.07, 6.45) is 2.68. The standard InChI is InChI=1S/C22H26ClN5O2S/c1-27(2)18-11-14(21(24)28-9-3-4-10-28)5-6-16(18)17-12-15(30-26-17)13-25-22(29)19-7-8-20(23)31-19/h5-8,11,15,24H,3-4,9-10,12-13H2,1-2H3,(H,25,29). The van der Waals surface area contributed by atoms with Crippen LogP contribution in [0.15, 0.2) is 35.5 Å². The lowest BCUT2D eigenvalue weighted by atomic mass is 9.99. The largest absolute Gasteiger partial charge is 0.390 e. The van der Waals surface area contributed by atoms with Crippen LogP contribution in [-0.2, 0) is 4.84 Å². The number of nitrogens with one attached hydrogen (secondary N) is 2. The van der Waals surface area contributed by atoms with E-state index in [-0.39, 0.29) is 12.0 Å². The van der Waals surface area contributed by atoms with E-state index in [2.05, 4.69) is 15.4 Å². The zero-order valence-corrected chi connectivity index (χ0v) is 19.2. The van der Waals surface area contributed by atoms with Gasteiger partial charge in [0, 0.05) is 50.4 Å². The van der Waals surface area contributed by atoms with Crippen LogP contribution < -0.4 is 10.2 Å². The van der Waals surface area contributed by atoms with Crippen molar-refractivity contribution in [1.29, 1.82) is 5.41 Å². The van der Waals surface area contributed by atoms with E-state index < -0.39 is 0 Å². The Bertz CT molecular complexity index is 1010. The molecule has 164 valence electrons. The molecule has 2 N–H and O–H groups in total. The third-order valence-corrected chi connectivity index (χ3v) is 6.74. The molecular weight excluding hydrogens is 434 g/mol. The minimum atomic E-state index is -0.216. The lowest BCUT2D eigenvalue weighted by Crippen LogP contribution is -2.32. The van der Waals surface area contributed by atoms with Gasteiger partial charge in [-0.25, -0.2) is 0 Å². The summed E-state index contributed by atoms with van der Waals surface area (Å²) in [6, 6.07) is 9.48. The van der Waals surface area contributed by atoms with Gasteiger partial charge in [-0.2, -0.15) is 0 Å². The van der Waals surface area contributed by atoms with Crippen molar-refractivity contribution in [3.63, 3.8) is 0 Å². The molecule has 2 aliphatic heterocycles. The highest BCUT2D eigenvalue weighted by atomic mass is 35.5. The van der Waals surface area contributed by atoms with E-state index in [4.69, 9.17) is 21.8 Å². The second-order valence-electron chi connectivity index (χ2n) is 7.95. The lowest BCUT2D eigenvalue weighted by Gasteiger charge is -2.22. The average molecular weight is 460 g/mol. The Morgan fingerprint density at radius 1 is 1.32 bits per heavy atom. The molecule has 0 aliphatic carbocycles. The number of oxime groups is 1. The van der Waals surface area contributed by atoms with Gasteiger partial charge in [-0.05, 0) is 31.0 Å². The Labute approximate surface area is 191 Å². The maximum absolute atomic E-state index is 12.2. The van der Waals surface area contributed by atoms with E-state index in [0.29, 0.717) is 28.0 Å². The van der Waals surface area contributed by atoms with Crippen molar-refractivity contribution >= 4 is 46.1 Å². The zero-order valence-electron chi connectivity index (χ0n) is 17.7. The van der Waals surface area contributed by atoms with E-state index in [1.165, 1.54) is 11.3 Å². The second kappa shape index (κ2) is 9.28. The van der Waals surface area contributed by atoms with Gasteiger partial charge < -0.3 is 20.0 Å². The van der Waals surface area contributed by atoms with Crippen molar-refractivity contribution in [3.05, 3.63) is 50.7 Å². The average Bonchev–Trinajstić information content (AvgIpc) is 3.52. The number of carbonyl (C=O) groups excluding carboxylic acids is 1. The summed E-state index contributed by atoms with van der Waals surface area (Å²) in [5, 5.41) is 15.7. The summed E-state index contributed by atoms with van der Waals surface area (Å²) >= 11 is 7.15. The van der Waals surface area contributed by atoms with Gasteiger partial charge in [-0.3, -0.25) is 10.2 Å². The number of anilines is 1. The van der Waals surface area contributed by atoms with Crippen molar-refractivity contribution in [2.45, 2.75) is 25.4 Å². The van der Waals surface area contributed by atoms with Gasteiger partial charge in [-0.15, -0.1) is 11.3 Å². The maximum atomic E-state index is 12.2. The van der Waals surface area contributed by atoms with Gasteiger partial charge in [0.25, 0.3) is 5.91 Å². The van der Waals surface area contributed by atoms with Crippen LogP contribution in [0.5, 0.6) is 0 Å². The summed E-state index contributed by atoms with van der Waals surface area (Å²) in [5.74, 6) is 0.415. The molecule has 1 saturated heterocycles. The van der Waals surface area contributed by atoms with Crippen molar-refractivity contribution in [3.8, 4) is 0 Å². The minimum Gasteiger partial charge on any atom is -0.390 e. The number of nitrogens with zero attached hydrogens (tertiary/aromatic N) is 3. The number of benzene rings is 1. The lowest BCUT2D eigenvalue weighted by molar-refractivity contribution is 0.0755. The van der Waals surface area contributed by atoms with Crippen LogP contribution in [0, 0.1) is 5.41 Å². The molecule has 2 aromatic rings. The number of likely N-dealkylation sites (tertiary alicyclic amines) is 1. The van der Waals surface area contributed by atoms with Crippen LogP contribution in [0.3, 0.4) is 0 Å². The normalized spacial score (nSPS) is 18.0. The van der Waals surface area contributed by atoms with Gasteiger partial charge in [0.1, 0.15) is 11.9 Å². The van der Waals surface area contributed by atoms with Gasteiger partial charge in [0.15, 0.2) is 0 Å². The molecule has 9 heteroatoms. The molecule has 4 rings (SSSR count). The number of amides is 1. The smallest absolute Gasteiger partial charge is 0.261 e. The third kappa shape index (κ3) is 4.85. The minimum absolute atomic E-state index is 0.160. The Morgan fingerprint density at radius 2 is 2.10 bits per heavy atom. The van der Waals surface area contributed by atoms with Crippen LogP contribution in [0.1, 0.15) is 40.1 Å².